The van der Waals surface area contributed by atoms with Crippen LogP contribution < -0.4 is 10.2 Å². The molecular weight excluding hydrogens is 386 g/mol. The lowest BCUT2D eigenvalue weighted by Gasteiger charge is -2.38. The van der Waals surface area contributed by atoms with Crippen LogP contribution in [0.4, 0.5) is 16.2 Å². The molecule has 0 radical (unpaired) electrons. The zero-order valence-electron chi connectivity index (χ0n) is 17.2. The van der Waals surface area contributed by atoms with Crippen LogP contribution in [0, 0.1) is 0 Å². The first-order valence-electron chi connectivity index (χ1n) is 10.6. The smallest absolute Gasteiger partial charge is 0.320 e. The number of rotatable bonds is 4. The molecule has 1 aromatic rings. The molecule has 9 nitrogen and oxygen atoms in total. The number of morpholine rings is 1. The van der Waals surface area contributed by atoms with Crippen LogP contribution in [-0.2, 0) is 14.3 Å². The van der Waals surface area contributed by atoms with E-state index in [1.807, 2.05) is 34.1 Å². The van der Waals surface area contributed by atoms with E-state index in [2.05, 4.69) is 10.2 Å². The van der Waals surface area contributed by atoms with Crippen molar-refractivity contribution in [3.8, 4) is 0 Å². The van der Waals surface area contributed by atoms with E-state index in [-0.39, 0.29) is 24.4 Å². The Morgan fingerprint density at radius 1 is 0.933 bits per heavy atom. The number of carbonyl (C=O) groups excluding carboxylic acids is 3. The Hall–Kier alpha value is -2.65. The maximum Gasteiger partial charge on any atom is 0.320 e. The van der Waals surface area contributed by atoms with Crippen LogP contribution in [0.5, 0.6) is 0 Å². The largest absolute Gasteiger partial charge is 0.378 e. The lowest BCUT2D eigenvalue weighted by atomic mass is 10.2. The van der Waals surface area contributed by atoms with E-state index in [1.165, 1.54) is 0 Å². The minimum atomic E-state index is -0.109. The molecule has 3 fully saturated rings. The van der Waals surface area contributed by atoms with Gasteiger partial charge in [-0.3, -0.25) is 14.5 Å². The summed E-state index contributed by atoms with van der Waals surface area (Å²) in [6, 6.07) is 7.50. The Balaban J connectivity index is 1.28. The second kappa shape index (κ2) is 9.44. The molecule has 0 atom stereocenters. The third-order valence-corrected chi connectivity index (χ3v) is 5.83. The number of urea groups is 1. The molecule has 3 aliphatic heterocycles. The summed E-state index contributed by atoms with van der Waals surface area (Å²) in [5, 5.41) is 2.96. The van der Waals surface area contributed by atoms with E-state index in [4.69, 9.17) is 4.74 Å². The molecule has 3 aliphatic rings. The molecule has 1 aromatic carbocycles. The molecule has 0 unspecified atom stereocenters. The molecule has 4 amide bonds. The predicted octanol–water partition coefficient (Wildman–Crippen LogP) is 0.822. The standard InChI is InChI=1S/C21H29N5O4/c27-19(22-17-4-1-2-5-18(17)26-7-3-6-20(26)28)16-23-8-10-24(11-9-23)21(29)25-12-14-30-15-13-25/h1-2,4-5H,3,6-16H2,(H,22,27). The number of amides is 4. The Bertz CT molecular complexity index is 787. The van der Waals surface area contributed by atoms with Crippen molar-refractivity contribution in [3.05, 3.63) is 24.3 Å². The summed E-state index contributed by atoms with van der Waals surface area (Å²) in [4.78, 5) is 44.8. The van der Waals surface area contributed by atoms with Gasteiger partial charge in [-0.2, -0.15) is 0 Å². The SMILES string of the molecule is O=C(CN1CCN(C(=O)N2CCOCC2)CC1)Nc1ccccc1N1CCCC1=O. The third-order valence-electron chi connectivity index (χ3n) is 5.83. The fourth-order valence-electron chi connectivity index (χ4n) is 4.16. The number of carbonyl (C=O) groups is 3. The van der Waals surface area contributed by atoms with E-state index in [0.29, 0.717) is 71.1 Å². The van der Waals surface area contributed by atoms with Gasteiger partial charge in [-0.15, -0.1) is 0 Å². The van der Waals surface area contributed by atoms with Gasteiger partial charge in [0.15, 0.2) is 0 Å². The van der Waals surface area contributed by atoms with Crippen LogP contribution in [0.2, 0.25) is 0 Å². The second-order valence-corrected chi connectivity index (χ2v) is 7.86. The molecule has 1 N–H and O–H groups in total. The van der Waals surface area contributed by atoms with E-state index < -0.39 is 0 Å². The fraction of sp³-hybridized carbons (Fsp3) is 0.571. The Morgan fingerprint density at radius 2 is 1.63 bits per heavy atom. The summed E-state index contributed by atoms with van der Waals surface area (Å²) >= 11 is 0. The molecule has 4 rings (SSSR count). The molecule has 0 saturated carbocycles. The van der Waals surface area contributed by atoms with Crippen LogP contribution in [0.3, 0.4) is 0 Å². The van der Waals surface area contributed by atoms with Crippen molar-refractivity contribution in [2.75, 3.05) is 75.8 Å². The molecule has 0 bridgehead atoms. The zero-order valence-corrected chi connectivity index (χ0v) is 17.2. The van der Waals surface area contributed by atoms with Gasteiger partial charge in [0.05, 0.1) is 31.1 Å². The van der Waals surface area contributed by atoms with Crippen molar-refractivity contribution in [2.45, 2.75) is 12.8 Å². The number of hydrogen-bond donors (Lipinski definition) is 1. The molecule has 3 heterocycles. The number of nitrogens with zero attached hydrogens (tertiary/aromatic N) is 4. The average molecular weight is 415 g/mol. The summed E-state index contributed by atoms with van der Waals surface area (Å²) < 4.78 is 5.31. The van der Waals surface area contributed by atoms with Gasteiger partial charge >= 0.3 is 6.03 Å². The normalized spacial score (nSPS) is 20.5. The first kappa shape index (κ1) is 20.6. The molecule has 162 valence electrons. The minimum Gasteiger partial charge on any atom is -0.378 e. The first-order valence-corrected chi connectivity index (χ1v) is 10.6. The number of para-hydroxylation sites is 2. The predicted molar refractivity (Wildman–Crippen MR) is 112 cm³/mol. The van der Waals surface area contributed by atoms with E-state index >= 15 is 0 Å². The van der Waals surface area contributed by atoms with Gasteiger partial charge in [0.1, 0.15) is 0 Å². The highest BCUT2D eigenvalue weighted by Gasteiger charge is 2.28. The van der Waals surface area contributed by atoms with Gasteiger partial charge in [0.2, 0.25) is 11.8 Å². The van der Waals surface area contributed by atoms with Crippen LogP contribution in [0.15, 0.2) is 24.3 Å². The van der Waals surface area contributed by atoms with Crippen molar-refractivity contribution in [1.29, 1.82) is 0 Å². The minimum absolute atomic E-state index is 0.0617. The number of hydrogen-bond acceptors (Lipinski definition) is 5. The van der Waals surface area contributed by atoms with Crippen LogP contribution >= 0.6 is 0 Å². The summed E-state index contributed by atoms with van der Waals surface area (Å²) in [6.45, 7) is 5.97. The maximum absolute atomic E-state index is 12.6. The van der Waals surface area contributed by atoms with Crippen LogP contribution in [0.25, 0.3) is 0 Å². The van der Waals surface area contributed by atoms with Gasteiger partial charge in [0.25, 0.3) is 0 Å². The quantitative estimate of drug-likeness (QED) is 0.787. The molecule has 3 saturated heterocycles. The molecule has 0 spiro atoms. The van der Waals surface area contributed by atoms with Crippen molar-refractivity contribution in [1.82, 2.24) is 14.7 Å². The van der Waals surface area contributed by atoms with Crippen LogP contribution in [-0.4, -0.2) is 98.1 Å². The molecular formula is C21H29N5O4. The van der Waals surface area contributed by atoms with Crippen LogP contribution in [0.1, 0.15) is 12.8 Å². The molecule has 30 heavy (non-hydrogen) atoms. The van der Waals surface area contributed by atoms with E-state index in [9.17, 15) is 14.4 Å². The molecule has 0 aromatic heterocycles. The fourth-order valence-corrected chi connectivity index (χ4v) is 4.16. The Morgan fingerprint density at radius 3 is 2.33 bits per heavy atom. The lowest BCUT2D eigenvalue weighted by molar-refractivity contribution is -0.118. The van der Waals surface area contributed by atoms with Gasteiger partial charge in [-0.25, -0.2) is 4.79 Å². The van der Waals surface area contributed by atoms with Gasteiger partial charge in [0, 0.05) is 52.2 Å². The zero-order chi connectivity index (χ0) is 20.9. The van der Waals surface area contributed by atoms with E-state index in [0.717, 1.165) is 12.1 Å². The summed E-state index contributed by atoms with van der Waals surface area (Å²) in [5.74, 6) is -0.0141. The number of ether oxygens (including phenoxy) is 1. The van der Waals surface area contributed by atoms with E-state index in [1.54, 1.807) is 4.90 Å². The number of piperazine rings is 1. The highest BCUT2D eigenvalue weighted by atomic mass is 16.5. The third kappa shape index (κ3) is 4.73. The van der Waals surface area contributed by atoms with Gasteiger partial charge < -0.3 is 24.8 Å². The number of anilines is 2. The van der Waals surface area contributed by atoms with Crippen molar-refractivity contribution in [3.63, 3.8) is 0 Å². The van der Waals surface area contributed by atoms with Crippen molar-refractivity contribution >= 4 is 29.2 Å². The number of nitrogens with one attached hydrogen (secondary N) is 1. The maximum atomic E-state index is 12.6. The summed E-state index contributed by atoms with van der Waals surface area (Å²) in [7, 11) is 0. The summed E-state index contributed by atoms with van der Waals surface area (Å²) in [5.41, 5.74) is 1.42. The number of benzene rings is 1. The summed E-state index contributed by atoms with van der Waals surface area (Å²) in [6.07, 6.45) is 1.39. The lowest BCUT2D eigenvalue weighted by Crippen LogP contribution is -2.55. The average Bonchev–Trinajstić information content (AvgIpc) is 3.20. The monoisotopic (exact) mass is 415 g/mol. The topological polar surface area (TPSA) is 85.4 Å². The molecule has 0 aliphatic carbocycles. The Labute approximate surface area is 176 Å². The second-order valence-electron chi connectivity index (χ2n) is 7.86. The van der Waals surface area contributed by atoms with Crippen molar-refractivity contribution in [2.24, 2.45) is 0 Å². The van der Waals surface area contributed by atoms with Crippen molar-refractivity contribution < 1.29 is 19.1 Å². The first-order chi connectivity index (χ1) is 14.6. The Kier molecular flexibility index (Phi) is 6.49. The van der Waals surface area contributed by atoms with Gasteiger partial charge in [-0.05, 0) is 18.6 Å². The van der Waals surface area contributed by atoms with Gasteiger partial charge in [-0.1, -0.05) is 12.1 Å². The molecule has 9 heteroatoms. The highest BCUT2D eigenvalue weighted by Crippen LogP contribution is 2.29. The highest BCUT2D eigenvalue weighted by molar-refractivity contribution is 6.02.